The summed E-state index contributed by atoms with van der Waals surface area (Å²) < 4.78 is 0. The summed E-state index contributed by atoms with van der Waals surface area (Å²) in [4.78, 5) is 12.5. The molecule has 0 bridgehead atoms. The third-order valence-corrected chi connectivity index (χ3v) is 5.51. The molecule has 0 radical (unpaired) electrons. The first kappa shape index (κ1) is 15.5. The predicted octanol–water partition coefficient (Wildman–Crippen LogP) is 2.76. The van der Waals surface area contributed by atoms with Crippen LogP contribution in [-0.4, -0.2) is 25.0 Å². The Kier molecular flexibility index (Phi) is 5.14. The van der Waals surface area contributed by atoms with E-state index in [0.29, 0.717) is 17.9 Å². The third-order valence-electron chi connectivity index (χ3n) is 5.51. The van der Waals surface area contributed by atoms with E-state index in [1.54, 1.807) is 0 Å². The molecule has 3 rings (SSSR count). The molecule has 1 aromatic rings. The van der Waals surface area contributed by atoms with Gasteiger partial charge in [0.1, 0.15) is 0 Å². The van der Waals surface area contributed by atoms with Crippen LogP contribution in [0.5, 0.6) is 0 Å². The van der Waals surface area contributed by atoms with E-state index in [-0.39, 0.29) is 11.8 Å². The lowest BCUT2D eigenvalue weighted by Gasteiger charge is -2.36. The van der Waals surface area contributed by atoms with Crippen molar-refractivity contribution < 1.29 is 4.79 Å². The molecule has 3 heteroatoms. The quantitative estimate of drug-likeness (QED) is 0.878. The summed E-state index contributed by atoms with van der Waals surface area (Å²) in [6.45, 7) is 4.06. The van der Waals surface area contributed by atoms with Crippen molar-refractivity contribution >= 4 is 5.91 Å². The molecule has 2 fully saturated rings. The van der Waals surface area contributed by atoms with Gasteiger partial charge in [0.25, 0.3) is 0 Å². The Balaban J connectivity index is 1.58. The summed E-state index contributed by atoms with van der Waals surface area (Å²) in [7, 11) is 0. The van der Waals surface area contributed by atoms with Gasteiger partial charge in [0.05, 0.1) is 0 Å². The van der Waals surface area contributed by atoms with Crippen LogP contribution in [-0.2, 0) is 11.2 Å². The minimum Gasteiger partial charge on any atom is -0.353 e. The van der Waals surface area contributed by atoms with E-state index in [2.05, 4.69) is 47.9 Å². The number of nitrogens with one attached hydrogen (secondary N) is 2. The maximum Gasteiger partial charge on any atom is 0.223 e. The van der Waals surface area contributed by atoms with Crippen LogP contribution >= 0.6 is 0 Å². The highest BCUT2D eigenvalue weighted by molar-refractivity contribution is 5.79. The minimum absolute atomic E-state index is 0.139. The van der Waals surface area contributed by atoms with Crippen LogP contribution < -0.4 is 10.6 Å². The van der Waals surface area contributed by atoms with Crippen LogP contribution in [0.3, 0.4) is 0 Å². The summed E-state index contributed by atoms with van der Waals surface area (Å²) >= 11 is 0. The van der Waals surface area contributed by atoms with Gasteiger partial charge in [-0.3, -0.25) is 4.79 Å². The van der Waals surface area contributed by atoms with Crippen molar-refractivity contribution in [3.8, 4) is 0 Å². The fourth-order valence-electron chi connectivity index (χ4n) is 3.75. The van der Waals surface area contributed by atoms with Gasteiger partial charge < -0.3 is 10.6 Å². The van der Waals surface area contributed by atoms with Crippen molar-refractivity contribution in [3.63, 3.8) is 0 Å². The first-order valence-electron chi connectivity index (χ1n) is 8.79. The summed E-state index contributed by atoms with van der Waals surface area (Å²) in [6, 6.07) is 11.1. The number of hydrogen-bond acceptors (Lipinski definition) is 2. The average Bonchev–Trinajstić information content (AvgIpc) is 2.48. The van der Waals surface area contributed by atoms with Crippen molar-refractivity contribution in [3.05, 3.63) is 35.9 Å². The van der Waals surface area contributed by atoms with Gasteiger partial charge in [0.2, 0.25) is 5.91 Å². The second-order valence-corrected chi connectivity index (χ2v) is 7.06. The highest BCUT2D eigenvalue weighted by Gasteiger charge is 2.32. The van der Waals surface area contributed by atoms with Crippen molar-refractivity contribution in [2.75, 3.05) is 13.1 Å². The Morgan fingerprint density at radius 2 is 1.95 bits per heavy atom. The first-order valence-corrected chi connectivity index (χ1v) is 8.79. The maximum atomic E-state index is 12.5. The van der Waals surface area contributed by atoms with E-state index in [0.717, 1.165) is 25.9 Å². The number of hydrogen-bond donors (Lipinski definition) is 2. The summed E-state index contributed by atoms with van der Waals surface area (Å²) in [5, 5.41) is 6.63. The number of carbonyl (C=O) groups excluding carboxylic acids is 1. The molecule has 1 aliphatic heterocycles. The second-order valence-electron chi connectivity index (χ2n) is 7.06. The van der Waals surface area contributed by atoms with Gasteiger partial charge in [-0.25, -0.2) is 0 Å². The normalized spacial score (nSPS) is 27.0. The highest BCUT2D eigenvalue weighted by atomic mass is 16.1. The molecule has 1 aliphatic carbocycles. The lowest BCUT2D eigenvalue weighted by molar-refractivity contribution is -0.128. The molecule has 0 aromatic heterocycles. The van der Waals surface area contributed by atoms with Crippen LogP contribution in [0.2, 0.25) is 0 Å². The fraction of sp³-hybridized carbons (Fsp3) is 0.632. The molecule has 120 valence electrons. The third kappa shape index (κ3) is 3.70. The molecule has 3 unspecified atom stereocenters. The Morgan fingerprint density at radius 1 is 1.23 bits per heavy atom. The molecule has 2 aliphatic rings. The number of benzene rings is 1. The van der Waals surface area contributed by atoms with Gasteiger partial charge >= 0.3 is 0 Å². The van der Waals surface area contributed by atoms with Gasteiger partial charge in [-0.2, -0.15) is 0 Å². The molecule has 1 aromatic carbocycles. The SMILES string of the molecule is CC(C(=O)NC1CCCCC1Cc1ccccc1)C1CNC1. The van der Waals surface area contributed by atoms with Crippen molar-refractivity contribution in [2.24, 2.45) is 17.8 Å². The molecule has 0 spiro atoms. The van der Waals surface area contributed by atoms with Crippen LogP contribution in [0.15, 0.2) is 30.3 Å². The average molecular weight is 300 g/mol. The highest BCUT2D eigenvalue weighted by Crippen LogP contribution is 2.28. The maximum absolute atomic E-state index is 12.5. The molecule has 2 N–H and O–H groups in total. The van der Waals surface area contributed by atoms with Crippen LogP contribution in [0, 0.1) is 17.8 Å². The van der Waals surface area contributed by atoms with Crippen molar-refractivity contribution in [2.45, 2.75) is 45.1 Å². The first-order chi connectivity index (χ1) is 10.7. The summed E-state index contributed by atoms with van der Waals surface area (Å²) in [5.41, 5.74) is 1.39. The van der Waals surface area contributed by atoms with Gasteiger partial charge in [-0.15, -0.1) is 0 Å². The van der Waals surface area contributed by atoms with Gasteiger partial charge in [-0.1, -0.05) is 50.1 Å². The Hall–Kier alpha value is -1.35. The number of amides is 1. The van der Waals surface area contributed by atoms with Gasteiger partial charge in [0.15, 0.2) is 0 Å². The van der Waals surface area contributed by atoms with E-state index in [9.17, 15) is 4.79 Å². The Labute approximate surface area is 133 Å². The van der Waals surface area contributed by atoms with E-state index < -0.39 is 0 Å². The molecular weight excluding hydrogens is 272 g/mol. The molecular formula is C19H28N2O. The molecule has 1 heterocycles. The zero-order valence-electron chi connectivity index (χ0n) is 13.6. The standard InChI is InChI=1S/C19H28N2O/c1-14(17-12-20-13-17)19(22)21-18-10-6-5-9-16(18)11-15-7-3-2-4-8-15/h2-4,7-8,14,16-18,20H,5-6,9-13H2,1H3,(H,21,22). The summed E-state index contributed by atoms with van der Waals surface area (Å²) in [6.07, 6.45) is 6.00. The van der Waals surface area contributed by atoms with E-state index in [1.807, 2.05) is 0 Å². The summed E-state index contributed by atoms with van der Waals surface area (Å²) in [5.74, 6) is 1.51. The van der Waals surface area contributed by atoms with E-state index in [1.165, 1.54) is 24.8 Å². The number of rotatable bonds is 5. The molecule has 1 saturated heterocycles. The van der Waals surface area contributed by atoms with Gasteiger partial charge in [0, 0.05) is 12.0 Å². The lowest BCUT2D eigenvalue weighted by Crippen LogP contribution is -2.52. The lowest BCUT2D eigenvalue weighted by atomic mass is 9.80. The Bertz CT molecular complexity index is 483. The minimum atomic E-state index is 0.139. The molecule has 3 atom stereocenters. The fourth-order valence-corrected chi connectivity index (χ4v) is 3.75. The van der Waals surface area contributed by atoms with Crippen LogP contribution in [0.1, 0.15) is 38.2 Å². The van der Waals surface area contributed by atoms with Crippen molar-refractivity contribution in [1.82, 2.24) is 10.6 Å². The molecule has 1 saturated carbocycles. The van der Waals surface area contributed by atoms with Gasteiger partial charge in [-0.05, 0) is 49.8 Å². The largest absolute Gasteiger partial charge is 0.353 e. The molecule has 1 amide bonds. The predicted molar refractivity (Wildman–Crippen MR) is 89.6 cm³/mol. The smallest absolute Gasteiger partial charge is 0.223 e. The zero-order valence-corrected chi connectivity index (χ0v) is 13.6. The van der Waals surface area contributed by atoms with Crippen molar-refractivity contribution in [1.29, 1.82) is 0 Å². The van der Waals surface area contributed by atoms with E-state index in [4.69, 9.17) is 0 Å². The second kappa shape index (κ2) is 7.28. The molecule has 3 nitrogen and oxygen atoms in total. The Morgan fingerprint density at radius 3 is 2.64 bits per heavy atom. The topological polar surface area (TPSA) is 41.1 Å². The van der Waals surface area contributed by atoms with Crippen LogP contribution in [0.4, 0.5) is 0 Å². The van der Waals surface area contributed by atoms with Crippen LogP contribution in [0.25, 0.3) is 0 Å². The monoisotopic (exact) mass is 300 g/mol. The molecule has 22 heavy (non-hydrogen) atoms. The number of carbonyl (C=O) groups is 1. The zero-order chi connectivity index (χ0) is 15.4. The van der Waals surface area contributed by atoms with E-state index >= 15 is 0 Å².